The number of halogens is 2. The molecule has 0 unspecified atom stereocenters. The molecule has 8 nitrogen and oxygen atoms in total. The van der Waals surface area contributed by atoms with Crippen LogP contribution in [0.25, 0.3) is 11.0 Å². The number of fused-ring (bicyclic) bond motifs is 1. The van der Waals surface area contributed by atoms with Crippen molar-refractivity contribution in [2.45, 2.75) is 19.6 Å². The Bertz CT molecular complexity index is 976. The molecule has 3 aromatic rings. The van der Waals surface area contributed by atoms with Crippen molar-refractivity contribution in [2.75, 3.05) is 13.2 Å². The number of rotatable bonds is 9. The van der Waals surface area contributed by atoms with Gasteiger partial charge >= 0.3 is 12.6 Å². The monoisotopic (exact) mass is 404 g/mol. The van der Waals surface area contributed by atoms with Gasteiger partial charge in [-0.3, -0.25) is 9.59 Å². The maximum absolute atomic E-state index is 12.1. The number of ether oxygens (including phenoxy) is 2. The van der Waals surface area contributed by atoms with E-state index in [9.17, 15) is 18.4 Å². The molecular formula is C19H18F2N4O4. The average Bonchev–Trinajstić information content (AvgIpc) is 3.10. The van der Waals surface area contributed by atoms with Gasteiger partial charge in [0.1, 0.15) is 17.8 Å². The molecule has 2 aromatic carbocycles. The Balaban J connectivity index is 1.37. The molecule has 0 saturated heterocycles. The van der Waals surface area contributed by atoms with Gasteiger partial charge in [0.25, 0.3) is 5.91 Å². The third-order valence-corrected chi connectivity index (χ3v) is 3.95. The minimum absolute atomic E-state index is 0.0693. The van der Waals surface area contributed by atoms with Gasteiger partial charge in [-0.1, -0.05) is 29.5 Å². The minimum Gasteiger partial charge on any atom is -0.454 e. The maximum atomic E-state index is 12.1. The zero-order valence-electron chi connectivity index (χ0n) is 15.3. The Labute approximate surface area is 164 Å². The molecule has 3 rings (SSSR count). The molecule has 0 aliphatic heterocycles. The Hall–Kier alpha value is -3.56. The molecule has 0 saturated carbocycles. The van der Waals surface area contributed by atoms with Crippen LogP contribution in [-0.2, 0) is 27.3 Å². The van der Waals surface area contributed by atoms with Crippen LogP contribution in [-0.4, -0.2) is 46.6 Å². The molecule has 1 N–H and O–H groups in total. The molecule has 0 bridgehead atoms. The van der Waals surface area contributed by atoms with E-state index in [1.807, 2.05) is 6.07 Å². The van der Waals surface area contributed by atoms with Gasteiger partial charge in [0, 0.05) is 6.54 Å². The van der Waals surface area contributed by atoms with E-state index in [1.165, 1.54) is 16.8 Å². The number of para-hydroxylation sites is 1. The number of carbonyl (C=O) groups excluding carboxylic acids is 2. The predicted octanol–water partition coefficient (Wildman–Crippen LogP) is 1.93. The van der Waals surface area contributed by atoms with E-state index in [-0.39, 0.29) is 12.3 Å². The van der Waals surface area contributed by atoms with Crippen LogP contribution < -0.4 is 10.1 Å². The lowest BCUT2D eigenvalue weighted by molar-refractivity contribution is -0.149. The van der Waals surface area contributed by atoms with E-state index in [4.69, 9.17) is 4.74 Å². The van der Waals surface area contributed by atoms with E-state index in [0.717, 1.165) is 5.56 Å². The molecule has 0 radical (unpaired) electrons. The third-order valence-electron chi connectivity index (χ3n) is 3.95. The Kier molecular flexibility index (Phi) is 6.67. The number of hydrogen-bond acceptors (Lipinski definition) is 6. The van der Waals surface area contributed by atoms with Gasteiger partial charge in [-0.25, -0.2) is 4.68 Å². The molecular weight excluding hydrogens is 386 g/mol. The SMILES string of the molecule is O=C(COC(=O)Cn1nnc2ccccc21)NCCc1ccc(OC(F)F)cc1. The lowest BCUT2D eigenvalue weighted by Crippen LogP contribution is -2.31. The van der Waals surface area contributed by atoms with Crippen LogP contribution in [0.4, 0.5) is 8.78 Å². The van der Waals surface area contributed by atoms with E-state index in [2.05, 4.69) is 20.4 Å². The lowest BCUT2D eigenvalue weighted by Gasteiger charge is -2.08. The van der Waals surface area contributed by atoms with Crippen LogP contribution in [0.1, 0.15) is 5.56 Å². The van der Waals surface area contributed by atoms with Crippen LogP contribution in [0.5, 0.6) is 5.75 Å². The first-order valence-electron chi connectivity index (χ1n) is 8.75. The molecule has 0 atom stereocenters. The number of nitrogens with one attached hydrogen (secondary N) is 1. The normalized spacial score (nSPS) is 10.9. The van der Waals surface area contributed by atoms with E-state index >= 15 is 0 Å². The molecule has 1 heterocycles. The fourth-order valence-electron chi connectivity index (χ4n) is 2.58. The quantitative estimate of drug-likeness (QED) is 0.548. The number of aromatic nitrogens is 3. The molecule has 0 aliphatic carbocycles. The van der Waals surface area contributed by atoms with Crippen molar-refractivity contribution < 1.29 is 27.8 Å². The summed E-state index contributed by atoms with van der Waals surface area (Å²) in [5.74, 6) is -0.982. The molecule has 1 amide bonds. The second-order valence-corrected chi connectivity index (χ2v) is 6.02. The van der Waals surface area contributed by atoms with Crippen molar-refractivity contribution in [1.29, 1.82) is 0 Å². The van der Waals surface area contributed by atoms with Crippen LogP contribution >= 0.6 is 0 Å². The molecule has 29 heavy (non-hydrogen) atoms. The number of amides is 1. The van der Waals surface area contributed by atoms with Crippen molar-refractivity contribution in [1.82, 2.24) is 20.3 Å². The minimum atomic E-state index is -2.87. The van der Waals surface area contributed by atoms with Crippen molar-refractivity contribution in [3.63, 3.8) is 0 Å². The first kappa shape index (κ1) is 20.2. The standard InChI is InChI=1S/C19H18F2N4O4/c20-19(21)29-14-7-5-13(6-8-14)9-10-22-17(26)12-28-18(27)11-25-16-4-2-1-3-15(16)23-24-25/h1-8,19H,9-12H2,(H,22,26). The highest BCUT2D eigenvalue weighted by Crippen LogP contribution is 2.15. The summed E-state index contributed by atoms with van der Waals surface area (Å²) in [6.07, 6.45) is 0.486. The van der Waals surface area contributed by atoms with Crippen molar-refractivity contribution >= 4 is 22.9 Å². The average molecular weight is 404 g/mol. The number of nitrogens with zero attached hydrogens (tertiary/aromatic N) is 3. The molecule has 0 spiro atoms. The Morgan fingerprint density at radius 1 is 1.10 bits per heavy atom. The van der Waals surface area contributed by atoms with Crippen molar-refractivity contribution in [3.8, 4) is 5.75 Å². The topological polar surface area (TPSA) is 95.3 Å². The summed E-state index contributed by atoms with van der Waals surface area (Å²) < 4.78 is 34.8. The first-order valence-corrected chi connectivity index (χ1v) is 8.75. The summed E-state index contributed by atoms with van der Waals surface area (Å²) in [5.41, 5.74) is 2.19. The summed E-state index contributed by atoms with van der Waals surface area (Å²) in [5, 5.41) is 10.4. The van der Waals surface area contributed by atoms with E-state index in [0.29, 0.717) is 24.0 Å². The summed E-state index contributed by atoms with van der Waals surface area (Å²) in [6, 6.07) is 13.3. The second-order valence-electron chi connectivity index (χ2n) is 6.02. The summed E-state index contributed by atoms with van der Waals surface area (Å²) >= 11 is 0. The molecule has 152 valence electrons. The first-order chi connectivity index (χ1) is 14.0. The molecule has 10 heteroatoms. The predicted molar refractivity (Wildman–Crippen MR) is 98.3 cm³/mol. The van der Waals surface area contributed by atoms with E-state index < -0.39 is 25.1 Å². The zero-order valence-corrected chi connectivity index (χ0v) is 15.3. The number of benzene rings is 2. The van der Waals surface area contributed by atoms with Gasteiger partial charge in [0.05, 0.1) is 5.52 Å². The Morgan fingerprint density at radius 3 is 2.62 bits per heavy atom. The van der Waals surface area contributed by atoms with Crippen LogP contribution in [0.2, 0.25) is 0 Å². The molecule has 1 aromatic heterocycles. The van der Waals surface area contributed by atoms with Crippen molar-refractivity contribution in [3.05, 3.63) is 54.1 Å². The summed E-state index contributed by atoms with van der Waals surface area (Å²) in [6.45, 7) is -3.13. The van der Waals surface area contributed by atoms with Crippen LogP contribution in [0.3, 0.4) is 0 Å². The summed E-state index contributed by atoms with van der Waals surface area (Å²) in [7, 11) is 0. The highest BCUT2D eigenvalue weighted by Gasteiger charge is 2.11. The van der Waals surface area contributed by atoms with Gasteiger partial charge in [0.2, 0.25) is 0 Å². The fraction of sp³-hybridized carbons (Fsp3) is 0.263. The maximum Gasteiger partial charge on any atom is 0.387 e. The molecule has 0 fully saturated rings. The molecule has 0 aliphatic rings. The summed E-state index contributed by atoms with van der Waals surface area (Å²) in [4.78, 5) is 23.7. The van der Waals surface area contributed by atoms with Crippen molar-refractivity contribution in [2.24, 2.45) is 0 Å². The number of esters is 1. The van der Waals surface area contributed by atoms with Gasteiger partial charge < -0.3 is 14.8 Å². The van der Waals surface area contributed by atoms with Crippen LogP contribution in [0.15, 0.2) is 48.5 Å². The second kappa shape index (κ2) is 9.58. The Morgan fingerprint density at radius 2 is 1.86 bits per heavy atom. The lowest BCUT2D eigenvalue weighted by atomic mass is 10.1. The highest BCUT2D eigenvalue weighted by molar-refractivity contribution is 5.81. The zero-order chi connectivity index (χ0) is 20.6. The van der Waals surface area contributed by atoms with Gasteiger partial charge in [0.15, 0.2) is 6.61 Å². The van der Waals surface area contributed by atoms with Gasteiger partial charge in [-0.15, -0.1) is 5.10 Å². The fourth-order valence-corrected chi connectivity index (χ4v) is 2.58. The van der Waals surface area contributed by atoms with Gasteiger partial charge in [-0.2, -0.15) is 8.78 Å². The highest BCUT2D eigenvalue weighted by atomic mass is 19.3. The number of alkyl halides is 2. The number of carbonyl (C=O) groups is 2. The third kappa shape index (κ3) is 5.96. The smallest absolute Gasteiger partial charge is 0.387 e. The van der Waals surface area contributed by atoms with Gasteiger partial charge in [-0.05, 0) is 36.2 Å². The van der Waals surface area contributed by atoms with Crippen LogP contribution in [0, 0.1) is 0 Å². The largest absolute Gasteiger partial charge is 0.454 e. The van der Waals surface area contributed by atoms with E-state index in [1.54, 1.807) is 30.3 Å². The number of hydrogen-bond donors (Lipinski definition) is 1.